The second kappa shape index (κ2) is 5.71. The van der Waals surface area contributed by atoms with Crippen LogP contribution >= 0.6 is 12.0 Å². The van der Waals surface area contributed by atoms with E-state index in [0.717, 1.165) is 28.5 Å². The first-order valence-corrected chi connectivity index (χ1v) is 7.52. The van der Waals surface area contributed by atoms with Gasteiger partial charge in [0.25, 0.3) is 5.56 Å². The molecule has 1 N–H and O–H groups in total. The molecule has 0 aliphatic rings. The van der Waals surface area contributed by atoms with Gasteiger partial charge in [-0.2, -0.15) is 0 Å². The lowest BCUT2D eigenvalue weighted by molar-refractivity contribution is 0.101. The molecule has 0 bridgehead atoms. The van der Waals surface area contributed by atoms with E-state index >= 15 is 0 Å². The lowest BCUT2D eigenvalue weighted by atomic mass is 9.98. The number of ketones is 1. The van der Waals surface area contributed by atoms with Gasteiger partial charge in [-0.25, -0.2) is 0 Å². The number of carbonyl (C=O) groups is 1. The monoisotopic (exact) mass is 291 g/mol. The van der Waals surface area contributed by atoms with Crippen LogP contribution in [-0.2, 0) is 0 Å². The quantitative estimate of drug-likeness (QED) is 0.691. The maximum atomic E-state index is 12.2. The minimum absolute atomic E-state index is 0.0766. The molecule has 20 heavy (non-hydrogen) atoms. The molecule has 0 aliphatic heterocycles. The third-order valence-corrected chi connectivity index (χ3v) is 3.51. The standard InChI is InChI=1S/C15H17NO3S/c1-8(2)10-6-5-7-11-13(10)16-15(18)12(9(3)17)14(11)19-20-4/h5-8H,1-4H3,(H,16,18). The zero-order valence-corrected chi connectivity index (χ0v) is 12.8. The fourth-order valence-electron chi connectivity index (χ4n) is 2.28. The zero-order valence-electron chi connectivity index (χ0n) is 11.9. The van der Waals surface area contributed by atoms with E-state index in [4.69, 9.17) is 4.18 Å². The lowest BCUT2D eigenvalue weighted by Gasteiger charge is -2.14. The molecule has 0 aliphatic carbocycles. The fraction of sp³-hybridized carbons (Fsp3) is 0.333. The summed E-state index contributed by atoms with van der Waals surface area (Å²) in [6.07, 6.45) is 1.75. The number of H-pyrrole nitrogens is 1. The highest BCUT2D eigenvalue weighted by Crippen LogP contribution is 2.32. The fourth-order valence-corrected chi connectivity index (χ4v) is 2.62. The number of Topliss-reactive ketones (excluding diaryl/α,β-unsaturated/α-hetero) is 1. The third-order valence-electron chi connectivity index (χ3n) is 3.17. The molecule has 1 heterocycles. The summed E-state index contributed by atoms with van der Waals surface area (Å²) < 4.78 is 5.50. The molecule has 0 radical (unpaired) electrons. The molecule has 5 heteroatoms. The van der Waals surface area contributed by atoms with E-state index in [1.165, 1.54) is 6.92 Å². The average molecular weight is 291 g/mol. The van der Waals surface area contributed by atoms with Crippen molar-refractivity contribution in [3.63, 3.8) is 0 Å². The van der Waals surface area contributed by atoms with Crippen LogP contribution in [0.25, 0.3) is 10.9 Å². The van der Waals surface area contributed by atoms with Crippen LogP contribution in [0.2, 0.25) is 0 Å². The van der Waals surface area contributed by atoms with Gasteiger partial charge in [0.1, 0.15) is 5.56 Å². The highest BCUT2D eigenvalue weighted by molar-refractivity contribution is 7.94. The van der Waals surface area contributed by atoms with E-state index in [0.29, 0.717) is 5.75 Å². The van der Waals surface area contributed by atoms with E-state index in [1.807, 2.05) is 18.2 Å². The van der Waals surface area contributed by atoms with Crippen LogP contribution in [0.4, 0.5) is 0 Å². The summed E-state index contributed by atoms with van der Waals surface area (Å²) in [5, 5.41) is 0.760. The predicted molar refractivity (Wildman–Crippen MR) is 82.8 cm³/mol. The van der Waals surface area contributed by atoms with Crippen LogP contribution < -0.4 is 9.74 Å². The number of pyridine rings is 1. The first-order valence-electron chi connectivity index (χ1n) is 6.37. The van der Waals surface area contributed by atoms with Crippen molar-refractivity contribution >= 4 is 28.7 Å². The molecule has 0 fully saturated rings. The minimum atomic E-state index is -0.401. The average Bonchev–Trinajstić information content (AvgIpc) is 2.37. The molecule has 2 rings (SSSR count). The number of rotatable bonds is 4. The maximum Gasteiger partial charge on any atom is 0.263 e. The van der Waals surface area contributed by atoms with Crippen molar-refractivity contribution in [3.8, 4) is 5.75 Å². The molecule has 1 aromatic carbocycles. The lowest BCUT2D eigenvalue weighted by Crippen LogP contribution is -2.18. The summed E-state index contributed by atoms with van der Waals surface area (Å²) in [4.78, 5) is 26.7. The van der Waals surface area contributed by atoms with E-state index in [1.54, 1.807) is 6.26 Å². The van der Waals surface area contributed by atoms with Crippen molar-refractivity contribution in [1.29, 1.82) is 0 Å². The van der Waals surface area contributed by atoms with Gasteiger partial charge in [-0.05, 0) is 24.5 Å². The van der Waals surface area contributed by atoms with Crippen LogP contribution in [0.15, 0.2) is 23.0 Å². The third kappa shape index (κ3) is 2.45. The molecule has 106 valence electrons. The Kier molecular flexibility index (Phi) is 4.18. The summed E-state index contributed by atoms with van der Waals surface area (Å²) in [6.45, 7) is 5.48. The van der Waals surface area contributed by atoms with Gasteiger partial charge < -0.3 is 9.17 Å². The predicted octanol–water partition coefficient (Wildman–Crippen LogP) is 3.51. The van der Waals surface area contributed by atoms with Crippen molar-refractivity contribution < 1.29 is 8.98 Å². The van der Waals surface area contributed by atoms with E-state index in [9.17, 15) is 9.59 Å². The molecular formula is C15H17NO3S. The minimum Gasteiger partial charge on any atom is -0.424 e. The van der Waals surface area contributed by atoms with Gasteiger partial charge in [0, 0.05) is 11.6 Å². The number of hydrogen-bond donors (Lipinski definition) is 1. The molecule has 4 nitrogen and oxygen atoms in total. The molecule has 0 amide bonds. The molecule has 0 unspecified atom stereocenters. The zero-order chi connectivity index (χ0) is 14.9. The second-order valence-corrected chi connectivity index (χ2v) is 5.39. The molecule has 0 atom stereocenters. The summed E-state index contributed by atoms with van der Waals surface area (Å²) in [6, 6.07) is 5.74. The van der Waals surface area contributed by atoms with Crippen LogP contribution in [-0.4, -0.2) is 17.0 Å². The number of aromatic nitrogens is 1. The SMILES string of the molecule is CSOc1c(C(C)=O)c(=O)[nH]c2c(C(C)C)cccc12. The van der Waals surface area contributed by atoms with Crippen molar-refractivity contribution in [1.82, 2.24) is 4.98 Å². The summed E-state index contributed by atoms with van der Waals surface area (Å²) >= 11 is 1.12. The second-order valence-electron chi connectivity index (χ2n) is 4.89. The number of nitrogens with one attached hydrogen (secondary N) is 1. The van der Waals surface area contributed by atoms with Gasteiger partial charge in [-0.1, -0.05) is 26.0 Å². The smallest absolute Gasteiger partial charge is 0.263 e. The molecule has 1 aromatic heterocycles. The van der Waals surface area contributed by atoms with E-state index in [2.05, 4.69) is 18.8 Å². The van der Waals surface area contributed by atoms with Crippen molar-refractivity contribution in [2.24, 2.45) is 0 Å². The van der Waals surface area contributed by atoms with Gasteiger partial charge in [0.15, 0.2) is 11.5 Å². The van der Waals surface area contributed by atoms with Gasteiger partial charge in [0.2, 0.25) is 0 Å². The Morgan fingerprint density at radius 2 is 2.05 bits per heavy atom. The largest absolute Gasteiger partial charge is 0.424 e. The molecule has 2 aromatic rings. The van der Waals surface area contributed by atoms with Crippen molar-refractivity contribution in [2.75, 3.05) is 6.26 Å². The van der Waals surface area contributed by atoms with Crippen LogP contribution in [0.5, 0.6) is 5.75 Å². The first kappa shape index (κ1) is 14.7. The van der Waals surface area contributed by atoms with Crippen LogP contribution in [0.1, 0.15) is 42.6 Å². The summed E-state index contributed by atoms with van der Waals surface area (Å²) in [7, 11) is 0. The van der Waals surface area contributed by atoms with Crippen molar-refractivity contribution in [3.05, 3.63) is 39.7 Å². The number of benzene rings is 1. The maximum absolute atomic E-state index is 12.2. The molecule has 0 saturated carbocycles. The number of carbonyl (C=O) groups excluding carboxylic acids is 1. The Balaban J connectivity index is 2.93. The Morgan fingerprint density at radius 3 is 2.60 bits per heavy atom. The van der Waals surface area contributed by atoms with Crippen LogP contribution in [0, 0.1) is 0 Å². The number of fused-ring (bicyclic) bond motifs is 1. The Hall–Kier alpha value is -1.75. The van der Waals surface area contributed by atoms with E-state index < -0.39 is 5.56 Å². The van der Waals surface area contributed by atoms with Gasteiger partial charge >= 0.3 is 0 Å². The Morgan fingerprint density at radius 1 is 1.35 bits per heavy atom. The van der Waals surface area contributed by atoms with E-state index in [-0.39, 0.29) is 17.3 Å². The number of hydrogen-bond acceptors (Lipinski definition) is 4. The number of aromatic amines is 1. The first-order chi connectivity index (χ1) is 9.47. The normalized spacial score (nSPS) is 11.1. The van der Waals surface area contributed by atoms with Crippen LogP contribution in [0.3, 0.4) is 0 Å². The molecular weight excluding hydrogens is 274 g/mol. The van der Waals surface area contributed by atoms with Gasteiger partial charge in [-0.3, -0.25) is 9.59 Å². The summed E-state index contributed by atoms with van der Waals surface area (Å²) in [5.74, 6) is 0.318. The van der Waals surface area contributed by atoms with Gasteiger partial charge in [0.05, 0.1) is 17.6 Å². The van der Waals surface area contributed by atoms with Crippen molar-refractivity contribution in [2.45, 2.75) is 26.7 Å². The van der Waals surface area contributed by atoms with Gasteiger partial charge in [-0.15, -0.1) is 0 Å². The highest BCUT2D eigenvalue weighted by Gasteiger charge is 2.20. The molecule has 0 saturated heterocycles. The highest BCUT2D eigenvalue weighted by atomic mass is 32.2. The number of para-hydroxylation sites is 1. The molecule has 0 spiro atoms. The Bertz CT molecular complexity index is 719. The topological polar surface area (TPSA) is 59.2 Å². The Labute approximate surface area is 121 Å². The summed E-state index contributed by atoms with van der Waals surface area (Å²) in [5.41, 5.74) is 1.44.